The molecule has 0 saturated heterocycles. The molecule has 1 unspecified atom stereocenters. The number of Topliss-reactive ketones (excluding diaryl/α,β-unsaturated/α-hetero) is 1. The molecule has 0 saturated carbocycles. The Hall–Kier alpha value is -2.02. The summed E-state index contributed by atoms with van der Waals surface area (Å²) in [5.41, 5.74) is 0.873. The number of ether oxygens (including phenoxy) is 1. The normalized spacial score (nSPS) is 11.5. The first-order valence-corrected chi connectivity index (χ1v) is 6.85. The lowest BCUT2D eigenvalue weighted by Crippen LogP contribution is -2.11. The second kappa shape index (κ2) is 6.62. The molecule has 0 N–H and O–H groups in total. The van der Waals surface area contributed by atoms with E-state index in [0.29, 0.717) is 26.9 Å². The van der Waals surface area contributed by atoms with Crippen LogP contribution in [-0.4, -0.2) is 12.9 Å². The van der Waals surface area contributed by atoms with Gasteiger partial charge in [0, 0.05) is 15.6 Å². The van der Waals surface area contributed by atoms with Crippen molar-refractivity contribution in [2.75, 3.05) is 7.11 Å². The van der Waals surface area contributed by atoms with Crippen molar-refractivity contribution in [1.29, 1.82) is 5.26 Å². The Kier molecular flexibility index (Phi) is 4.85. The number of hydrogen-bond acceptors (Lipinski definition) is 3. The van der Waals surface area contributed by atoms with E-state index in [2.05, 4.69) is 0 Å². The number of benzene rings is 2. The molecule has 1 atom stereocenters. The van der Waals surface area contributed by atoms with Crippen molar-refractivity contribution in [2.45, 2.75) is 5.92 Å². The second-order valence-corrected chi connectivity index (χ2v) is 5.16. The van der Waals surface area contributed by atoms with Crippen LogP contribution in [0, 0.1) is 11.3 Å². The summed E-state index contributed by atoms with van der Waals surface area (Å²) in [6.45, 7) is 0. The minimum Gasteiger partial charge on any atom is -0.497 e. The van der Waals surface area contributed by atoms with E-state index < -0.39 is 5.92 Å². The summed E-state index contributed by atoms with van der Waals surface area (Å²) in [4.78, 5) is 12.5. The van der Waals surface area contributed by atoms with Crippen molar-refractivity contribution in [3.05, 3.63) is 63.6 Å². The number of nitriles is 1. The van der Waals surface area contributed by atoms with Crippen molar-refractivity contribution in [2.24, 2.45) is 0 Å². The van der Waals surface area contributed by atoms with E-state index in [1.54, 1.807) is 43.5 Å². The van der Waals surface area contributed by atoms with Crippen molar-refractivity contribution >= 4 is 29.0 Å². The summed E-state index contributed by atoms with van der Waals surface area (Å²) in [6, 6.07) is 13.3. The third-order valence-electron chi connectivity index (χ3n) is 3.04. The zero-order chi connectivity index (χ0) is 15.4. The molecule has 0 bridgehead atoms. The Morgan fingerprint density at radius 2 is 1.86 bits per heavy atom. The zero-order valence-corrected chi connectivity index (χ0v) is 12.7. The first kappa shape index (κ1) is 15.4. The number of ketones is 1. The largest absolute Gasteiger partial charge is 0.497 e. The van der Waals surface area contributed by atoms with E-state index in [1.165, 1.54) is 6.07 Å². The molecule has 0 heterocycles. The highest BCUT2D eigenvalue weighted by Gasteiger charge is 2.24. The van der Waals surface area contributed by atoms with E-state index in [4.69, 9.17) is 27.9 Å². The summed E-state index contributed by atoms with van der Waals surface area (Å²) in [7, 11) is 1.54. The lowest BCUT2D eigenvalue weighted by Gasteiger charge is -2.11. The molecule has 106 valence electrons. The predicted molar refractivity (Wildman–Crippen MR) is 82.1 cm³/mol. The highest BCUT2D eigenvalue weighted by Crippen LogP contribution is 2.30. The molecule has 0 aromatic heterocycles. The first-order chi connectivity index (χ1) is 10.1. The van der Waals surface area contributed by atoms with Gasteiger partial charge >= 0.3 is 0 Å². The number of methoxy groups -OCH3 is 1. The predicted octanol–water partition coefficient (Wildman–Crippen LogP) is 4.49. The van der Waals surface area contributed by atoms with E-state index in [9.17, 15) is 10.1 Å². The summed E-state index contributed by atoms with van der Waals surface area (Å²) in [5, 5.41) is 10.1. The van der Waals surface area contributed by atoms with Gasteiger partial charge in [0.05, 0.1) is 13.2 Å². The van der Waals surface area contributed by atoms with Crippen LogP contribution in [0.25, 0.3) is 0 Å². The topological polar surface area (TPSA) is 50.1 Å². The van der Waals surface area contributed by atoms with Gasteiger partial charge in [-0.25, -0.2) is 0 Å². The lowest BCUT2D eigenvalue weighted by molar-refractivity contribution is 0.0979. The second-order valence-electron chi connectivity index (χ2n) is 4.32. The van der Waals surface area contributed by atoms with Crippen molar-refractivity contribution < 1.29 is 9.53 Å². The van der Waals surface area contributed by atoms with E-state index in [-0.39, 0.29) is 5.78 Å². The third kappa shape index (κ3) is 3.36. The fourth-order valence-electron chi connectivity index (χ4n) is 1.93. The Bertz CT molecular complexity index is 705. The van der Waals surface area contributed by atoms with Crippen LogP contribution in [0.15, 0.2) is 42.5 Å². The van der Waals surface area contributed by atoms with Crippen LogP contribution in [-0.2, 0) is 0 Å². The fourth-order valence-corrected chi connectivity index (χ4v) is 2.44. The number of nitrogens with zero attached hydrogens (tertiary/aromatic N) is 1. The number of rotatable bonds is 4. The first-order valence-electron chi connectivity index (χ1n) is 6.09. The average Bonchev–Trinajstić information content (AvgIpc) is 2.50. The molecule has 21 heavy (non-hydrogen) atoms. The highest BCUT2D eigenvalue weighted by molar-refractivity contribution is 6.35. The van der Waals surface area contributed by atoms with Crippen molar-refractivity contribution in [1.82, 2.24) is 0 Å². The molecule has 0 amide bonds. The van der Waals surface area contributed by atoms with Crippen LogP contribution in [0.1, 0.15) is 21.8 Å². The molecule has 0 spiro atoms. The minimum absolute atomic E-state index is 0.302. The number of carbonyl (C=O) groups is 1. The van der Waals surface area contributed by atoms with Crippen LogP contribution < -0.4 is 4.74 Å². The summed E-state index contributed by atoms with van der Waals surface area (Å²) < 4.78 is 5.04. The van der Waals surface area contributed by atoms with E-state index in [0.717, 1.165) is 0 Å². The quantitative estimate of drug-likeness (QED) is 0.780. The van der Waals surface area contributed by atoms with Crippen LogP contribution >= 0.6 is 23.2 Å². The van der Waals surface area contributed by atoms with Gasteiger partial charge in [-0.05, 0) is 42.0 Å². The molecule has 2 aromatic rings. The number of halogens is 2. The van der Waals surface area contributed by atoms with E-state index in [1.807, 2.05) is 6.07 Å². The molecule has 2 rings (SSSR count). The van der Waals surface area contributed by atoms with Gasteiger partial charge in [0.1, 0.15) is 11.7 Å². The van der Waals surface area contributed by atoms with Gasteiger partial charge in [0.2, 0.25) is 0 Å². The van der Waals surface area contributed by atoms with Crippen LogP contribution in [0.3, 0.4) is 0 Å². The Labute approximate surface area is 132 Å². The van der Waals surface area contributed by atoms with Gasteiger partial charge in [-0.2, -0.15) is 5.26 Å². The average molecular weight is 320 g/mol. The summed E-state index contributed by atoms with van der Waals surface area (Å²) >= 11 is 11.9. The SMILES string of the molecule is COc1ccc(C(=O)C(C#N)c2ccc(Cl)cc2Cl)cc1. The van der Waals surface area contributed by atoms with Crippen LogP contribution in [0.2, 0.25) is 10.0 Å². The maximum Gasteiger partial charge on any atom is 0.184 e. The summed E-state index contributed by atoms with van der Waals surface area (Å²) in [5.74, 6) is -0.642. The van der Waals surface area contributed by atoms with Crippen LogP contribution in [0.5, 0.6) is 5.75 Å². The molecule has 2 aromatic carbocycles. The highest BCUT2D eigenvalue weighted by atomic mass is 35.5. The number of carbonyl (C=O) groups excluding carboxylic acids is 1. The molecule has 0 aliphatic rings. The number of hydrogen-bond donors (Lipinski definition) is 0. The molecule has 0 aliphatic heterocycles. The molecule has 0 radical (unpaired) electrons. The van der Waals surface area contributed by atoms with Crippen molar-refractivity contribution in [3.63, 3.8) is 0 Å². The molecule has 3 nitrogen and oxygen atoms in total. The zero-order valence-electron chi connectivity index (χ0n) is 11.1. The third-order valence-corrected chi connectivity index (χ3v) is 3.60. The fraction of sp³-hybridized carbons (Fsp3) is 0.125. The van der Waals surface area contributed by atoms with E-state index >= 15 is 0 Å². The van der Waals surface area contributed by atoms with Crippen molar-refractivity contribution in [3.8, 4) is 11.8 Å². The Morgan fingerprint density at radius 3 is 2.38 bits per heavy atom. The minimum atomic E-state index is -0.969. The molecule has 0 fully saturated rings. The van der Waals surface area contributed by atoms with Gasteiger partial charge in [0.15, 0.2) is 5.78 Å². The summed E-state index contributed by atoms with van der Waals surface area (Å²) in [6.07, 6.45) is 0. The maximum atomic E-state index is 12.5. The maximum absolute atomic E-state index is 12.5. The monoisotopic (exact) mass is 319 g/mol. The van der Waals surface area contributed by atoms with Gasteiger partial charge in [-0.15, -0.1) is 0 Å². The lowest BCUT2D eigenvalue weighted by atomic mass is 9.92. The van der Waals surface area contributed by atoms with Crippen LogP contribution in [0.4, 0.5) is 0 Å². The molecule has 5 heteroatoms. The Morgan fingerprint density at radius 1 is 1.19 bits per heavy atom. The van der Waals surface area contributed by atoms with Gasteiger partial charge in [-0.1, -0.05) is 29.3 Å². The standard InChI is InChI=1S/C16H11Cl2NO2/c1-21-12-5-2-10(3-6-12)16(20)14(9-19)13-7-4-11(17)8-15(13)18/h2-8,14H,1H3. The Balaban J connectivity index is 2.36. The van der Waals surface area contributed by atoms with Gasteiger partial charge in [0.25, 0.3) is 0 Å². The molecular weight excluding hydrogens is 309 g/mol. The molecular formula is C16H11Cl2NO2. The van der Waals surface area contributed by atoms with Gasteiger partial charge < -0.3 is 4.74 Å². The molecule has 0 aliphatic carbocycles. The van der Waals surface area contributed by atoms with Gasteiger partial charge in [-0.3, -0.25) is 4.79 Å². The smallest absolute Gasteiger partial charge is 0.184 e.